The molecule has 11 heteroatoms. The Hall–Kier alpha value is -2.80. The predicted octanol–water partition coefficient (Wildman–Crippen LogP) is 5.55. The van der Waals surface area contributed by atoms with Crippen molar-refractivity contribution in [1.82, 2.24) is 5.32 Å². The number of alkyl halides is 2. The third-order valence-corrected chi connectivity index (χ3v) is 5.91. The number of halogens is 3. The monoisotopic (exact) mass is 597 g/mol. The molecule has 0 aromatic heterocycles. The van der Waals surface area contributed by atoms with E-state index in [1.54, 1.807) is 69.3 Å². The molecule has 0 saturated carbocycles. The van der Waals surface area contributed by atoms with Crippen LogP contribution in [-0.4, -0.2) is 43.1 Å². The highest BCUT2D eigenvalue weighted by Crippen LogP contribution is 2.53. The zero-order valence-electron chi connectivity index (χ0n) is 20.4. The van der Waals surface area contributed by atoms with Crippen molar-refractivity contribution >= 4 is 62.8 Å². The Morgan fingerprint density at radius 1 is 1.17 bits per heavy atom. The van der Waals surface area contributed by atoms with Crippen molar-refractivity contribution in [1.29, 1.82) is 0 Å². The molecular weight excluding hydrogens is 573 g/mol. The number of hydrogen-bond donors (Lipinski definition) is 1. The topological polar surface area (TPSA) is 89.3 Å². The zero-order valence-corrected chi connectivity index (χ0v) is 23.5. The largest absolute Gasteiger partial charge is 0.463 e. The second kappa shape index (κ2) is 11.5. The van der Waals surface area contributed by atoms with Crippen molar-refractivity contribution in [3.63, 3.8) is 0 Å². The van der Waals surface area contributed by atoms with Crippen LogP contribution in [0.15, 0.2) is 53.0 Å². The van der Waals surface area contributed by atoms with Crippen molar-refractivity contribution in [3.05, 3.63) is 75.5 Å². The molecule has 192 valence electrons. The number of rotatable bonds is 4. The number of methoxy groups -OCH3 is 1. The SMILES string of the molecule is ClCCl.[C-]#[N+][C@](C(=O)OC)(c1ccccc1)[C@@]1(NC(=O)OC(C)(C)C)C(=O)N(C)c2ccc(Br)cc21. The van der Waals surface area contributed by atoms with Crippen molar-refractivity contribution < 1.29 is 23.9 Å². The number of hydrogen-bond acceptors (Lipinski definition) is 5. The fraction of sp³-hybridized carbons (Fsp3) is 0.360. The Morgan fingerprint density at radius 2 is 1.75 bits per heavy atom. The Labute approximate surface area is 228 Å². The molecule has 1 heterocycles. The second-order valence-corrected chi connectivity index (χ2v) is 10.4. The summed E-state index contributed by atoms with van der Waals surface area (Å²) < 4.78 is 11.1. The van der Waals surface area contributed by atoms with E-state index in [2.05, 4.69) is 26.1 Å². The number of benzene rings is 2. The van der Waals surface area contributed by atoms with Crippen LogP contribution < -0.4 is 10.2 Å². The van der Waals surface area contributed by atoms with E-state index in [1.807, 2.05) is 0 Å². The van der Waals surface area contributed by atoms with Gasteiger partial charge in [0, 0.05) is 22.8 Å². The van der Waals surface area contributed by atoms with Crippen LogP contribution in [0.4, 0.5) is 10.5 Å². The smallest absolute Gasteiger partial charge is 0.409 e. The number of anilines is 1. The maximum atomic E-state index is 14.0. The predicted molar refractivity (Wildman–Crippen MR) is 142 cm³/mol. The third-order valence-electron chi connectivity index (χ3n) is 5.42. The van der Waals surface area contributed by atoms with E-state index in [4.69, 9.17) is 39.2 Å². The van der Waals surface area contributed by atoms with Gasteiger partial charge < -0.3 is 14.4 Å². The van der Waals surface area contributed by atoms with Crippen LogP contribution in [0, 0.1) is 6.57 Å². The molecule has 1 aliphatic heterocycles. The van der Waals surface area contributed by atoms with Gasteiger partial charge in [-0.05, 0) is 39.0 Å². The molecule has 0 saturated heterocycles. The molecule has 0 unspecified atom stereocenters. The van der Waals surface area contributed by atoms with Gasteiger partial charge >= 0.3 is 17.6 Å². The third kappa shape index (κ3) is 5.17. The highest BCUT2D eigenvalue weighted by atomic mass is 79.9. The number of esters is 1. The molecule has 0 bridgehead atoms. The minimum atomic E-state index is -2.28. The summed E-state index contributed by atoms with van der Waals surface area (Å²) in [6.45, 7) is 13.2. The minimum absolute atomic E-state index is 0.192. The fourth-order valence-electron chi connectivity index (χ4n) is 4.10. The van der Waals surface area contributed by atoms with Gasteiger partial charge in [0.1, 0.15) is 5.60 Å². The quantitative estimate of drug-likeness (QED) is 0.283. The lowest BCUT2D eigenvalue weighted by Gasteiger charge is -2.37. The minimum Gasteiger partial charge on any atom is -0.463 e. The van der Waals surface area contributed by atoms with Gasteiger partial charge in [-0.2, -0.15) is 0 Å². The molecule has 8 nitrogen and oxygen atoms in total. The molecule has 2 aromatic rings. The first kappa shape index (κ1) is 29.4. The Morgan fingerprint density at radius 3 is 2.25 bits per heavy atom. The summed E-state index contributed by atoms with van der Waals surface area (Å²) in [6.07, 6.45) is -0.954. The highest BCUT2D eigenvalue weighted by molar-refractivity contribution is 9.10. The van der Waals surface area contributed by atoms with E-state index < -0.39 is 34.6 Å². The second-order valence-electron chi connectivity index (χ2n) is 8.68. The number of carbonyl (C=O) groups excluding carboxylic acids is 3. The summed E-state index contributed by atoms with van der Waals surface area (Å²) in [7, 11) is 2.65. The average Bonchev–Trinajstić information content (AvgIpc) is 3.02. The molecule has 2 amide bonds. The van der Waals surface area contributed by atoms with Crippen molar-refractivity contribution in [2.45, 2.75) is 37.5 Å². The molecule has 0 radical (unpaired) electrons. The Bertz CT molecular complexity index is 1180. The van der Waals surface area contributed by atoms with Crippen LogP contribution >= 0.6 is 39.1 Å². The van der Waals surface area contributed by atoms with Crippen LogP contribution in [0.1, 0.15) is 31.9 Å². The van der Waals surface area contributed by atoms with Crippen molar-refractivity contribution in [2.24, 2.45) is 0 Å². The number of alkyl carbamates (subject to hydrolysis) is 1. The van der Waals surface area contributed by atoms with Gasteiger partial charge in [-0.25, -0.2) is 16.2 Å². The van der Waals surface area contributed by atoms with Gasteiger partial charge in [0.05, 0.1) is 18.0 Å². The first-order valence-corrected chi connectivity index (χ1v) is 12.5. The number of amides is 2. The van der Waals surface area contributed by atoms with Crippen molar-refractivity contribution in [2.75, 3.05) is 24.4 Å². The van der Waals surface area contributed by atoms with Gasteiger partial charge in [0.2, 0.25) is 5.54 Å². The van der Waals surface area contributed by atoms with E-state index in [-0.39, 0.29) is 16.5 Å². The van der Waals surface area contributed by atoms with Crippen molar-refractivity contribution in [3.8, 4) is 0 Å². The van der Waals surface area contributed by atoms with E-state index in [0.717, 1.165) is 7.11 Å². The van der Waals surface area contributed by atoms with Gasteiger partial charge in [-0.15, -0.1) is 23.2 Å². The number of ether oxygens (including phenoxy) is 2. The first-order valence-electron chi connectivity index (χ1n) is 10.6. The van der Waals surface area contributed by atoms with E-state index >= 15 is 0 Å². The molecule has 1 aliphatic rings. The van der Waals surface area contributed by atoms with Gasteiger partial charge in [-0.3, -0.25) is 15.0 Å². The number of nitrogens with zero attached hydrogens (tertiary/aromatic N) is 2. The lowest BCUT2D eigenvalue weighted by Crippen LogP contribution is -2.66. The lowest BCUT2D eigenvalue weighted by molar-refractivity contribution is -0.152. The van der Waals surface area contributed by atoms with E-state index in [9.17, 15) is 14.4 Å². The van der Waals surface area contributed by atoms with E-state index in [0.29, 0.717) is 10.2 Å². The van der Waals surface area contributed by atoms with Crippen LogP contribution in [0.3, 0.4) is 0 Å². The maximum absolute atomic E-state index is 14.0. The Balaban J connectivity index is 0.00000145. The normalized spacial score (nSPS) is 18.1. The summed E-state index contributed by atoms with van der Waals surface area (Å²) in [5.74, 6) is -1.67. The first-order chi connectivity index (χ1) is 16.9. The van der Waals surface area contributed by atoms with Gasteiger partial charge in [-0.1, -0.05) is 46.3 Å². The van der Waals surface area contributed by atoms with E-state index in [1.165, 1.54) is 11.9 Å². The summed E-state index contributed by atoms with van der Waals surface area (Å²) in [4.78, 5) is 45.6. The highest BCUT2D eigenvalue weighted by Gasteiger charge is 2.75. The van der Waals surface area contributed by atoms with Crippen LogP contribution in [0.2, 0.25) is 0 Å². The van der Waals surface area contributed by atoms with Crippen LogP contribution in [0.25, 0.3) is 4.85 Å². The molecular formula is C25H26BrCl2N3O5. The number of carbonyl (C=O) groups is 3. The number of fused-ring (bicyclic) bond motifs is 1. The van der Waals surface area contributed by atoms with Crippen LogP contribution in [-0.2, 0) is 30.1 Å². The standard InChI is InChI=1S/C24H24BrN3O5.CH2Cl2/c1-22(2,3)33-21(31)27-24(17-14-16(25)12-13-18(17)28(5)19(24)29)23(26-4,20(30)32-6)15-10-8-7-9-11-15;2-1-3/h7-14H,1-3,5-6H3,(H,27,31);1H2/t23-,24-;/m0./s1. The van der Waals surface area contributed by atoms with Gasteiger partial charge in [0.25, 0.3) is 5.91 Å². The molecule has 2 atom stereocenters. The molecule has 0 aliphatic carbocycles. The summed E-state index contributed by atoms with van der Waals surface area (Å²) in [5.41, 5.74) is -4.45. The summed E-state index contributed by atoms with van der Waals surface area (Å²) >= 11 is 12.9. The number of likely N-dealkylation sites (N-methyl/N-ethyl adjacent to an activating group) is 1. The zero-order chi connectivity index (χ0) is 27.3. The average molecular weight is 599 g/mol. The molecule has 36 heavy (non-hydrogen) atoms. The molecule has 0 spiro atoms. The Kier molecular flexibility index (Phi) is 9.40. The maximum Gasteiger partial charge on any atom is 0.409 e. The summed E-state index contributed by atoms with van der Waals surface area (Å²) in [5, 5.41) is 2.82. The molecule has 2 aromatic carbocycles. The van der Waals surface area contributed by atoms with Gasteiger partial charge in [0.15, 0.2) is 0 Å². The molecule has 0 fully saturated rings. The fourth-order valence-corrected chi connectivity index (χ4v) is 4.46. The number of nitrogens with one attached hydrogen (secondary N) is 1. The molecule has 3 rings (SSSR count). The summed E-state index contributed by atoms with van der Waals surface area (Å²) in [6, 6.07) is 13.1. The lowest BCUT2D eigenvalue weighted by atomic mass is 9.68. The molecule has 1 N–H and O–H groups in total. The van der Waals surface area contributed by atoms with Crippen LogP contribution in [0.5, 0.6) is 0 Å².